The first kappa shape index (κ1) is 19.1. The van der Waals surface area contributed by atoms with E-state index in [2.05, 4.69) is 5.32 Å². The summed E-state index contributed by atoms with van der Waals surface area (Å²) < 4.78 is 25.1. The van der Waals surface area contributed by atoms with E-state index in [1.807, 2.05) is 0 Å². The van der Waals surface area contributed by atoms with Gasteiger partial charge in [0.2, 0.25) is 15.9 Å². The molecule has 7 nitrogen and oxygen atoms in total. The van der Waals surface area contributed by atoms with Crippen molar-refractivity contribution < 1.29 is 23.1 Å². The van der Waals surface area contributed by atoms with E-state index < -0.39 is 33.4 Å². The number of carbonyl (C=O) groups is 2. The van der Waals surface area contributed by atoms with Gasteiger partial charge in [0.15, 0.2) is 0 Å². The lowest BCUT2D eigenvalue weighted by atomic mass is 9.92. The molecule has 0 aromatic heterocycles. The molecule has 0 fully saturated rings. The lowest BCUT2D eigenvalue weighted by molar-refractivity contribution is -0.153. The molecule has 0 radical (unpaired) electrons. The van der Waals surface area contributed by atoms with Gasteiger partial charge < -0.3 is 10.4 Å². The Labute approximate surface area is 136 Å². The molecule has 0 heterocycles. The summed E-state index contributed by atoms with van der Waals surface area (Å²) in [6, 6.07) is 5.65. The van der Waals surface area contributed by atoms with Gasteiger partial charge in [0.25, 0.3) is 0 Å². The fourth-order valence-electron chi connectivity index (χ4n) is 1.70. The van der Waals surface area contributed by atoms with Crippen molar-refractivity contribution in [2.75, 3.05) is 14.1 Å². The van der Waals surface area contributed by atoms with Crippen LogP contribution in [0.5, 0.6) is 0 Å². The summed E-state index contributed by atoms with van der Waals surface area (Å²) in [5.74, 6) is -1.82. The molecular formula is C15H22N2O5S. The van der Waals surface area contributed by atoms with Gasteiger partial charge in [-0.25, -0.2) is 12.7 Å². The molecule has 1 amide bonds. The number of carboxylic acids is 1. The zero-order valence-corrected chi connectivity index (χ0v) is 14.6. The van der Waals surface area contributed by atoms with Gasteiger partial charge in [-0.05, 0) is 38.5 Å². The number of aliphatic carboxylic acids is 1. The van der Waals surface area contributed by atoms with E-state index in [4.69, 9.17) is 5.11 Å². The standard InChI is InChI=1S/C15H22N2O5S/c1-10(16-13(18)15(2,3)14(19)20)11-6-8-12(9-7-11)23(21,22)17(4)5/h6-10H,1-5H3,(H,16,18)(H,19,20). The van der Waals surface area contributed by atoms with Crippen LogP contribution in [0.25, 0.3) is 0 Å². The van der Waals surface area contributed by atoms with Crippen LogP contribution < -0.4 is 5.32 Å². The second-order valence-corrected chi connectivity index (χ2v) is 8.13. The van der Waals surface area contributed by atoms with Crippen molar-refractivity contribution in [2.24, 2.45) is 5.41 Å². The zero-order valence-electron chi connectivity index (χ0n) is 13.8. The molecule has 1 aromatic rings. The summed E-state index contributed by atoms with van der Waals surface area (Å²) >= 11 is 0. The van der Waals surface area contributed by atoms with Gasteiger partial charge in [-0.3, -0.25) is 9.59 Å². The summed E-state index contributed by atoms with van der Waals surface area (Å²) in [6.45, 7) is 4.35. The average molecular weight is 342 g/mol. The minimum absolute atomic E-state index is 0.149. The minimum Gasteiger partial charge on any atom is -0.480 e. The number of hydrogen-bond donors (Lipinski definition) is 2. The van der Waals surface area contributed by atoms with Crippen molar-refractivity contribution in [2.45, 2.75) is 31.7 Å². The number of sulfonamides is 1. The molecule has 0 saturated heterocycles. The Hall–Kier alpha value is -1.93. The summed E-state index contributed by atoms with van der Waals surface area (Å²) in [4.78, 5) is 23.2. The summed E-state index contributed by atoms with van der Waals surface area (Å²) in [5, 5.41) is 11.7. The van der Waals surface area contributed by atoms with Crippen LogP contribution in [-0.4, -0.2) is 43.8 Å². The number of amides is 1. The van der Waals surface area contributed by atoms with E-state index in [1.54, 1.807) is 19.1 Å². The highest BCUT2D eigenvalue weighted by Crippen LogP contribution is 2.21. The third-order valence-corrected chi connectivity index (χ3v) is 5.44. The molecule has 0 aliphatic carbocycles. The SMILES string of the molecule is CC(NC(=O)C(C)(C)C(=O)O)c1ccc(S(=O)(=O)N(C)C)cc1. The monoisotopic (exact) mass is 342 g/mol. The van der Waals surface area contributed by atoms with Gasteiger partial charge in [0.05, 0.1) is 10.9 Å². The van der Waals surface area contributed by atoms with Crippen molar-refractivity contribution in [3.8, 4) is 0 Å². The third kappa shape index (κ3) is 4.08. The molecule has 0 aliphatic heterocycles. The van der Waals surface area contributed by atoms with Crippen molar-refractivity contribution >= 4 is 21.9 Å². The van der Waals surface area contributed by atoms with Crippen LogP contribution in [0.1, 0.15) is 32.4 Å². The largest absolute Gasteiger partial charge is 0.480 e. The first-order chi connectivity index (χ1) is 10.4. The Morgan fingerprint density at radius 1 is 1.17 bits per heavy atom. The lowest BCUT2D eigenvalue weighted by Crippen LogP contribution is -2.43. The van der Waals surface area contributed by atoms with Gasteiger partial charge in [0.1, 0.15) is 5.41 Å². The highest BCUT2D eigenvalue weighted by atomic mass is 32.2. The lowest BCUT2D eigenvalue weighted by Gasteiger charge is -2.22. The molecule has 128 valence electrons. The van der Waals surface area contributed by atoms with E-state index in [9.17, 15) is 18.0 Å². The van der Waals surface area contributed by atoms with Gasteiger partial charge in [0, 0.05) is 14.1 Å². The number of hydrogen-bond acceptors (Lipinski definition) is 4. The predicted molar refractivity (Wildman–Crippen MR) is 85.3 cm³/mol. The van der Waals surface area contributed by atoms with Crippen LogP contribution in [0.2, 0.25) is 0 Å². The molecular weight excluding hydrogens is 320 g/mol. The Bertz CT molecular complexity index is 693. The predicted octanol–water partition coefficient (Wildman–Crippen LogP) is 1.22. The van der Waals surface area contributed by atoms with Crippen LogP contribution in [-0.2, 0) is 19.6 Å². The fraction of sp³-hybridized carbons (Fsp3) is 0.467. The van der Waals surface area contributed by atoms with Crippen molar-refractivity contribution in [3.63, 3.8) is 0 Å². The molecule has 0 bridgehead atoms. The quantitative estimate of drug-likeness (QED) is 0.757. The highest BCUT2D eigenvalue weighted by molar-refractivity contribution is 7.89. The van der Waals surface area contributed by atoms with Gasteiger partial charge in [-0.1, -0.05) is 12.1 Å². The Kier molecular flexibility index (Phi) is 5.55. The van der Waals surface area contributed by atoms with E-state index >= 15 is 0 Å². The maximum absolute atomic E-state index is 12.0. The molecule has 23 heavy (non-hydrogen) atoms. The van der Waals surface area contributed by atoms with E-state index in [0.29, 0.717) is 5.56 Å². The van der Waals surface area contributed by atoms with Gasteiger partial charge >= 0.3 is 5.97 Å². The van der Waals surface area contributed by atoms with Crippen molar-refractivity contribution in [1.29, 1.82) is 0 Å². The molecule has 8 heteroatoms. The maximum Gasteiger partial charge on any atom is 0.318 e. The first-order valence-electron chi connectivity index (χ1n) is 6.97. The second kappa shape index (κ2) is 6.67. The summed E-state index contributed by atoms with van der Waals surface area (Å²) in [5.41, 5.74) is -0.861. The number of nitrogens with zero attached hydrogens (tertiary/aromatic N) is 1. The van der Waals surface area contributed by atoms with E-state index in [1.165, 1.54) is 40.1 Å². The van der Waals surface area contributed by atoms with Gasteiger partial charge in [-0.15, -0.1) is 0 Å². The average Bonchev–Trinajstić information content (AvgIpc) is 2.46. The number of nitrogens with one attached hydrogen (secondary N) is 1. The van der Waals surface area contributed by atoms with Gasteiger partial charge in [-0.2, -0.15) is 0 Å². The molecule has 1 aromatic carbocycles. The third-order valence-electron chi connectivity index (χ3n) is 3.61. The number of rotatable bonds is 6. The van der Waals surface area contributed by atoms with Crippen molar-refractivity contribution in [1.82, 2.24) is 9.62 Å². The van der Waals surface area contributed by atoms with Crippen LogP contribution >= 0.6 is 0 Å². The molecule has 0 saturated carbocycles. The fourth-order valence-corrected chi connectivity index (χ4v) is 2.60. The summed E-state index contributed by atoms with van der Waals surface area (Å²) in [7, 11) is -0.620. The Morgan fingerprint density at radius 3 is 2.04 bits per heavy atom. The highest BCUT2D eigenvalue weighted by Gasteiger charge is 2.36. The van der Waals surface area contributed by atoms with Crippen LogP contribution in [0.3, 0.4) is 0 Å². The number of carbonyl (C=O) groups excluding carboxylic acids is 1. The summed E-state index contributed by atoms with van der Waals surface area (Å²) in [6.07, 6.45) is 0. The zero-order chi connectivity index (χ0) is 18.0. The van der Waals surface area contributed by atoms with E-state index in [0.717, 1.165) is 4.31 Å². The van der Waals surface area contributed by atoms with Crippen LogP contribution in [0.4, 0.5) is 0 Å². The van der Waals surface area contributed by atoms with Crippen molar-refractivity contribution in [3.05, 3.63) is 29.8 Å². The van der Waals surface area contributed by atoms with E-state index in [-0.39, 0.29) is 4.90 Å². The van der Waals surface area contributed by atoms with Crippen LogP contribution in [0.15, 0.2) is 29.2 Å². The minimum atomic E-state index is -3.51. The Morgan fingerprint density at radius 2 is 1.65 bits per heavy atom. The molecule has 1 rings (SSSR count). The maximum atomic E-state index is 12.0. The molecule has 2 N–H and O–H groups in total. The Balaban J connectivity index is 2.93. The molecule has 1 unspecified atom stereocenters. The molecule has 0 spiro atoms. The van der Waals surface area contributed by atoms with Crippen LogP contribution in [0, 0.1) is 5.41 Å². The first-order valence-corrected chi connectivity index (χ1v) is 8.41. The topological polar surface area (TPSA) is 104 Å². The number of carboxylic acid groups (broad SMARTS) is 1. The normalized spacial score (nSPS) is 13.7. The molecule has 1 atom stereocenters. The number of benzene rings is 1. The smallest absolute Gasteiger partial charge is 0.318 e. The second-order valence-electron chi connectivity index (χ2n) is 5.98. The molecule has 0 aliphatic rings.